The van der Waals surface area contributed by atoms with Crippen LogP contribution in [-0.2, 0) is 14.4 Å². The van der Waals surface area contributed by atoms with Gasteiger partial charge in [0.2, 0.25) is 11.8 Å². The van der Waals surface area contributed by atoms with Crippen LogP contribution in [0.15, 0.2) is 95.9 Å². The largest absolute Gasteiger partial charge is 0.481 e. The van der Waals surface area contributed by atoms with Gasteiger partial charge in [0.25, 0.3) is 0 Å². The second-order valence-electron chi connectivity index (χ2n) is 9.68. The second kappa shape index (κ2) is 12.6. The molecule has 0 radical (unpaired) electrons. The van der Waals surface area contributed by atoms with E-state index >= 15 is 0 Å². The molecule has 3 atom stereocenters. The Bertz CT molecular complexity index is 1290. The predicted octanol–water partition coefficient (Wildman–Crippen LogP) is 6.89. The van der Waals surface area contributed by atoms with Gasteiger partial charge in [0.1, 0.15) is 5.25 Å². The van der Waals surface area contributed by atoms with Gasteiger partial charge in [0, 0.05) is 16.3 Å². The summed E-state index contributed by atoms with van der Waals surface area (Å²) in [7, 11) is 0. The van der Waals surface area contributed by atoms with Gasteiger partial charge in [-0.3, -0.25) is 14.4 Å². The summed E-state index contributed by atoms with van der Waals surface area (Å²) in [5, 5.41) is 14.9. The molecule has 2 amide bonds. The van der Waals surface area contributed by atoms with E-state index in [-0.39, 0.29) is 11.8 Å². The highest BCUT2D eigenvalue weighted by Crippen LogP contribution is 2.37. The topological polar surface area (TPSA) is 95.5 Å². The van der Waals surface area contributed by atoms with Crippen molar-refractivity contribution in [3.05, 3.63) is 102 Å². The van der Waals surface area contributed by atoms with Crippen molar-refractivity contribution in [2.45, 2.75) is 42.8 Å². The average Bonchev–Trinajstić information content (AvgIpc) is 2.93. The number of aliphatic carboxylic acids is 1. The van der Waals surface area contributed by atoms with Crippen molar-refractivity contribution in [3.8, 4) is 0 Å². The number of carboxylic acid groups (broad SMARTS) is 1. The van der Waals surface area contributed by atoms with E-state index < -0.39 is 23.1 Å². The fraction of sp³-hybridized carbons (Fsp3) is 0.258. The Morgan fingerprint density at radius 1 is 0.763 bits per heavy atom. The van der Waals surface area contributed by atoms with E-state index in [1.807, 2.05) is 78.9 Å². The van der Waals surface area contributed by atoms with Gasteiger partial charge in [0.05, 0.1) is 11.8 Å². The molecule has 3 unspecified atom stereocenters. The van der Waals surface area contributed by atoms with Gasteiger partial charge >= 0.3 is 5.97 Å². The van der Waals surface area contributed by atoms with Gasteiger partial charge in [-0.25, -0.2) is 0 Å². The first-order valence-corrected chi connectivity index (χ1v) is 13.6. The fourth-order valence-corrected chi connectivity index (χ4v) is 5.45. The van der Waals surface area contributed by atoms with Crippen LogP contribution in [0.4, 0.5) is 11.4 Å². The summed E-state index contributed by atoms with van der Waals surface area (Å²) >= 11 is 1.43. The molecule has 3 N–H and O–H groups in total. The summed E-state index contributed by atoms with van der Waals surface area (Å²) in [6.07, 6.45) is 4.43. The van der Waals surface area contributed by atoms with E-state index in [4.69, 9.17) is 0 Å². The lowest BCUT2D eigenvalue weighted by atomic mass is 9.82. The molecule has 7 heteroatoms. The van der Waals surface area contributed by atoms with Gasteiger partial charge in [0.15, 0.2) is 0 Å². The van der Waals surface area contributed by atoms with E-state index in [0.717, 1.165) is 16.1 Å². The molecule has 38 heavy (non-hydrogen) atoms. The standard InChI is InChI=1S/C31H32N2O4S/c1-20(2)21-12-14-23(15-13-21)33-30(35)28(22-8-4-3-5-9-22)38-25-18-16-24(17-19-25)32-29(34)26-10-6-7-11-27(26)31(36)37/h3-9,12-20,26-28H,10-11H2,1-2H3,(H,32,34)(H,33,35)(H,36,37). The van der Waals surface area contributed by atoms with Gasteiger partial charge < -0.3 is 15.7 Å². The number of allylic oxidation sites excluding steroid dienone is 2. The summed E-state index contributed by atoms with van der Waals surface area (Å²) in [4.78, 5) is 38.6. The van der Waals surface area contributed by atoms with Gasteiger partial charge in [-0.1, -0.05) is 68.5 Å². The number of anilines is 2. The quantitative estimate of drug-likeness (QED) is 0.208. The van der Waals surface area contributed by atoms with Crippen molar-refractivity contribution in [1.82, 2.24) is 0 Å². The highest BCUT2D eigenvalue weighted by molar-refractivity contribution is 8.00. The second-order valence-corrected chi connectivity index (χ2v) is 10.9. The highest BCUT2D eigenvalue weighted by atomic mass is 32.2. The Labute approximate surface area is 227 Å². The minimum absolute atomic E-state index is 0.124. The maximum Gasteiger partial charge on any atom is 0.307 e. The van der Waals surface area contributed by atoms with Crippen LogP contribution >= 0.6 is 11.8 Å². The van der Waals surface area contributed by atoms with E-state index in [0.29, 0.717) is 24.4 Å². The first-order chi connectivity index (χ1) is 18.3. The Kier molecular flexibility index (Phi) is 9.02. The average molecular weight is 529 g/mol. The Hall–Kier alpha value is -3.84. The molecule has 0 fully saturated rings. The molecular formula is C31H32N2O4S. The zero-order valence-corrected chi connectivity index (χ0v) is 22.3. The summed E-state index contributed by atoms with van der Waals surface area (Å²) in [5.41, 5.74) is 3.43. The van der Waals surface area contributed by atoms with Crippen LogP contribution in [0.2, 0.25) is 0 Å². The van der Waals surface area contributed by atoms with Crippen LogP contribution < -0.4 is 10.6 Å². The molecule has 0 aromatic heterocycles. The minimum Gasteiger partial charge on any atom is -0.481 e. The predicted molar refractivity (Wildman–Crippen MR) is 152 cm³/mol. The van der Waals surface area contributed by atoms with E-state index in [2.05, 4.69) is 24.5 Å². The number of hydrogen-bond donors (Lipinski definition) is 3. The van der Waals surface area contributed by atoms with Crippen molar-refractivity contribution >= 4 is 40.9 Å². The number of amides is 2. The number of thioether (sulfide) groups is 1. The Morgan fingerprint density at radius 3 is 1.95 bits per heavy atom. The lowest BCUT2D eigenvalue weighted by Crippen LogP contribution is -2.34. The lowest BCUT2D eigenvalue weighted by Gasteiger charge is -2.24. The first-order valence-electron chi connectivity index (χ1n) is 12.7. The monoisotopic (exact) mass is 528 g/mol. The maximum absolute atomic E-state index is 13.4. The molecule has 3 aromatic carbocycles. The van der Waals surface area contributed by atoms with Crippen LogP contribution in [0.5, 0.6) is 0 Å². The van der Waals surface area contributed by atoms with Crippen molar-refractivity contribution in [2.24, 2.45) is 11.8 Å². The molecule has 1 aliphatic rings. The summed E-state index contributed by atoms with van der Waals surface area (Å²) in [5.74, 6) is -2.29. The third kappa shape index (κ3) is 6.92. The molecule has 196 valence electrons. The van der Waals surface area contributed by atoms with Crippen LogP contribution in [0.25, 0.3) is 0 Å². The number of carbonyl (C=O) groups is 3. The zero-order chi connectivity index (χ0) is 27.1. The SMILES string of the molecule is CC(C)c1ccc(NC(=O)C(Sc2ccc(NC(=O)C3CC=CCC3C(=O)O)cc2)c2ccccc2)cc1. The maximum atomic E-state index is 13.4. The van der Waals surface area contributed by atoms with Crippen LogP contribution in [0.3, 0.4) is 0 Å². The Balaban J connectivity index is 1.45. The van der Waals surface area contributed by atoms with Crippen molar-refractivity contribution < 1.29 is 19.5 Å². The van der Waals surface area contributed by atoms with Gasteiger partial charge in [-0.2, -0.15) is 0 Å². The molecule has 0 spiro atoms. The molecule has 4 rings (SSSR count). The van der Waals surface area contributed by atoms with Gasteiger partial charge in [-0.05, 0) is 66.3 Å². The summed E-state index contributed by atoms with van der Waals surface area (Å²) in [6.45, 7) is 4.26. The normalized spacial score (nSPS) is 17.6. The number of carboxylic acids is 1. The number of hydrogen-bond acceptors (Lipinski definition) is 4. The summed E-state index contributed by atoms with van der Waals surface area (Å²) < 4.78 is 0. The molecule has 0 saturated carbocycles. The fourth-order valence-electron chi connectivity index (χ4n) is 4.42. The van der Waals surface area contributed by atoms with Crippen LogP contribution in [-0.4, -0.2) is 22.9 Å². The molecule has 1 aliphatic carbocycles. The molecule has 0 aliphatic heterocycles. The van der Waals surface area contributed by atoms with Crippen molar-refractivity contribution in [1.29, 1.82) is 0 Å². The van der Waals surface area contributed by atoms with Crippen molar-refractivity contribution in [2.75, 3.05) is 10.6 Å². The van der Waals surface area contributed by atoms with Crippen molar-refractivity contribution in [3.63, 3.8) is 0 Å². The molecule has 0 saturated heterocycles. The third-order valence-corrected chi connectivity index (χ3v) is 7.91. The molecule has 3 aromatic rings. The number of carbonyl (C=O) groups excluding carboxylic acids is 2. The zero-order valence-electron chi connectivity index (χ0n) is 21.5. The lowest BCUT2D eigenvalue weighted by molar-refractivity contribution is -0.146. The summed E-state index contributed by atoms with van der Waals surface area (Å²) in [6, 6.07) is 24.8. The van der Waals surface area contributed by atoms with Crippen LogP contribution in [0, 0.1) is 11.8 Å². The molecular weight excluding hydrogens is 496 g/mol. The molecule has 0 heterocycles. The third-order valence-electron chi connectivity index (χ3n) is 6.65. The molecule has 0 bridgehead atoms. The van der Waals surface area contributed by atoms with Gasteiger partial charge in [-0.15, -0.1) is 11.8 Å². The number of benzene rings is 3. The van der Waals surface area contributed by atoms with E-state index in [1.165, 1.54) is 17.3 Å². The van der Waals surface area contributed by atoms with Crippen LogP contribution in [0.1, 0.15) is 49.0 Å². The van der Waals surface area contributed by atoms with E-state index in [1.54, 1.807) is 12.1 Å². The molecule has 6 nitrogen and oxygen atoms in total. The first kappa shape index (κ1) is 27.2. The Morgan fingerprint density at radius 2 is 1.34 bits per heavy atom. The minimum atomic E-state index is -0.956. The highest BCUT2D eigenvalue weighted by Gasteiger charge is 2.34. The number of nitrogens with one attached hydrogen (secondary N) is 2. The smallest absolute Gasteiger partial charge is 0.307 e. The number of rotatable bonds is 9. The van der Waals surface area contributed by atoms with E-state index in [9.17, 15) is 19.5 Å².